The van der Waals surface area contributed by atoms with Crippen LogP contribution in [0.15, 0.2) is 0 Å². The molecule has 1 saturated heterocycles. The highest BCUT2D eigenvalue weighted by Gasteiger charge is 2.23. The van der Waals surface area contributed by atoms with Crippen LogP contribution in [0.2, 0.25) is 0 Å². The Bertz CT molecular complexity index is 243. The molecule has 0 aromatic carbocycles. The van der Waals surface area contributed by atoms with Crippen molar-refractivity contribution < 1.29 is 4.79 Å². The Kier molecular flexibility index (Phi) is 5.92. The van der Waals surface area contributed by atoms with E-state index in [2.05, 4.69) is 11.8 Å². The van der Waals surface area contributed by atoms with Gasteiger partial charge in [0.05, 0.1) is 0 Å². The van der Waals surface area contributed by atoms with E-state index in [1.54, 1.807) is 19.0 Å². The molecule has 1 fully saturated rings. The fourth-order valence-corrected chi connectivity index (χ4v) is 2.40. The first kappa shape index (κ1) is 14.5. The van der Waals surface area contributed by atoms with Gasteiger partial charge in [-0.2, -0.15) is 0 Å². The molecule has 4 heteroatoms. The van der Waals surface area contributed by atoms with Gasteiger partial charge in [0.15, 0.2) is 0 Å². The molecular weight excluding hydrogens is 214 g/mol. The lowest BCUT2D eigenvalue weighted by Gasteiger charge is -2.30. The van der Waals surface area contributed by atoms with E-state index in [1.807, 2.05) is 0 Å². The number of nitrogens with two attached hydrogens (primary N) is 1. The SMILES string of the molecule is CC1CCCN(C(CN)CC(=O)N(C)C)CC1. The van der Waals surface area contributed by atoms with Crippen LogP contribution in [0.25, 0.3) is 0 Å². The highest BCUT2D eigenvalue weighted by Crippen LogP contribution is 2.19. The third-order valence-electron chi connectivity index (χ3n) is 3.75. The second-order valence-corrected chi connectivity index (χ2v) is 5.45. The Morgan fingerprint density at radius 1 is 1.41 bits per heavy atom. The van der Waals surface area contributed by atoms with Gasteiger partial charge < -0.3 is 10.6 Å². The third-order valence-corrected chi connectivity index (χ3v) is 3.75. The van der Waals surface area contributed by atoms with Gasteiger partial charge in [-0.1, -0.05) is 6.92 Å². The first-order valence-electron chi connectivity index (χ1n) is 6.68. The van der Waals surface area contributed by atoms with E-state index in [-0.39, 0.29) is 11.9 Å². The van der Waals surface area contributed by atoms with E-state index in [1.165, 1.54) is 19.3 Å². The molecule has 0 saturated carbocycles. The molecule has 100 valence electrons. The molecular formula is C13H27N3O. The fraction of sp³-hybridized carbons (Fsp3) is 0.923. The van der Waals surface area contributed by atoms with E-state index in [4.69, 9.17) is 5.73 Å². The molecule has 2 atom stereocenters. The number of likely N-dealkylation sites (tertiary alicyclic amines) is 1. The van der Waals surface area contributed by atoms with Gasteiger partial charge in [0.25, 0.3) is 0 Å². The third kappa shape index (κ3) is 4.64. The van der Waals surface area contributed by atoms with Crippen LogP contribution >= 0.6 is 0 Å². The monoisotopic (exact) mass is 241 g/mol. The lowest BCUT2D eigenvalue weighted by molar-refractivity contribution is -0.129. The second-order valence-electron chi connectivity index (χ2n) is 5.45. The van der Waals surface area contributed by atoms with Gasteiger partial charge in [0.1, 0.15) is 0 Å². The van der Waals surface area contributed by atoms with Gasteiger partial charge in [-0.25, -0.2) is 0 Å². The van der Waals surface area contributed by atoms with Crippen molar-refractivity contribution in [3.05, 3.63) is 0 Å². The number of amides is 1. The van der Waals surface area contributed by atoms with Crippen LogP contribution in [-0.4, -0.2) is 55.5 Å². The number of carbonyl (C=O) groups is 1. The number of carbonyl (C=O) groups excluding carboxylic acids is 1. The molecule has 0 spiro atoms. The first-order valence-corrected chi connectivity index (χ1v) is 6.68. The summed E-state index contributed by atoms with van der Waals surface area (Å²) in [5.41, 5.74) is 5.83. The smallest absolute Gasteiger partial charge is 0.223 e. The molecule has 4 nitrogen and oxygen atoms in total. The molecule has 0 aliphatic carbocycles. The summed E-state index contributed by atoms with van der Waals surface area (Å²) in [6.45, 7) is 5.07. The summed E-state index contributed by atoms with van der Waals surface area (Å²) in [5, 5.41) is 0. The lowest BCUT2D eigenvalue weighted by atomic mass is 10.0. The lowest BCUT2D eigenvalue weighted by Crippen LogP contribution is -2.44. The molecule has 1 heterocycles. The van der Waals surface area contributed by atoms with Crippen LogP contribution in [0.5, 0.6) is 0 Å². The summed E-state index contributed by atoms with van der Waals surface area (Å²) in [6.07, 6.45) is 4.31. The number of nitrogens with zero attached hydrogens (tertiary/aromatic N) is 2. The minimum absolute atomic E-state index is 0.178. The van der Waals surface area contributed by atoms with Crippen LogP contribution in [0.1, 0.15) is 32.6 Å². The molecule has 0 aromatic rings. The van der Waals surface area contributed by atoms with E-state index < -0.39 is 0 Å². The molecule has 17 heavy (non-hydrogen) atoms. The Hall–Kier alpha value is -0.610. The molecule has 1 amide bonds. The van der Waals surface area contributed by atoms with Gasteiger partial charge >= 0.3 is 0 Å². The van der Waals surface area contributed by atoms with Crippen LogP contribution in [0, 0.1) is 5.92 Å². The number of hydrogen-bond acceptors (Lipinski definition) is 3. The molecule has 0 radical (unpaired) electrons. The van der Waals surface area contributed by atoms with Crippen molar-refractivity contribution in [2.75, 3.05) is 33.7 Å². The first-order chi connectivity index (χ1) is 8.04. The van der Waals surface area contributed by atoms with Gasteiger partial charge in [0.2, 0.25) is 5.91 Å². The summed E-state index contributed by atoms with van der Waals surface area (Å²) in [7, 11) is 3.61. The van der Waals surface area contributed by atoms with E-state index in [9.17, 15) is 4.79 Å². The largest absolute Gasteiger partial charge is 0.349 e. The highest BCUT2D eigenvalue weighted by atomic mass is 16.2. The summed E-state index contributed by atoms with van der Waals surface area (Å²) in [5.74, 6) is 0.987. The van der Waals surface area contributed by atoms with E-state index in [0.29, 0.717) is 13.0 Å². The molecule has 0 aromatic heterocycles. The van der Waals surface area contributed by atoms with Gasteiger partial charge in [-0.3, -0.25) is 9.69 Å². The number of rotatable bonds is 4. The normalized spacial score (nSPS) is 24.1. The average Bonchev–Trinajstić information content (AvgIpc) is 2.50. The van der Waals surface area contributed by atoms with Gasteiger partial charge in [-0.05, 0) is 38.3 Å². The van der Waals surface area contributed by atoms with Crippen LogP contribution in [0.3, 0.4) is 0 Å². The van der Waals surface area contributed by atoms with E-state index >= 15 is 0 Å². The predicted octanol–water partition coefficient (Wildman–Crippen LogP) is 0.914. The van der Waals surface area contributed by atoms with Gasteiger partial charge in [0, 0.05) is 33.1 Å². The highest BCUT2D eigenvalue weighted by molar-refractivity contribution is 5.76. The van der Waals surface area contributed by atoms with Crippen molar-refractivity contribution in [1.29, 1.82) is 0 Å². The van der Waals surface area contributed by atoms with Crippen LogP contribution < -0.4 is 5.73 Å². The maximum absolute atomic E-state index is 11.7. The standard InChI is InChI=1S/C13H27N3O/c1-11-5-4-7-16(8-6-11)12(10-14)9-13(17)15(2)3/h11-12H,4-10,14H2,1-3H3. The minimum atomic E-state index is 0.178. The predicted molar refractivity (Wildman–Crippen MR) is 70.7 cm³/mol. The van der Waals surface area contributed by atoms with Crippen molar-refractivity contribution in [2.45, 2.75) is 38.6 Å². The molecule has 2 N–H and O–H groups in total. The minimum Gasteiger partial charge on any atom is -0.349 e. The van der Waals surface area contributed by atoms with E-state index in [0.717, 1.165) is 19.0 Å². The van der Waals surface area contributed by atoms with Crippen LogP contribution in [-0.2, 0) is 4.79 Å². The summed E-state index contributed by atoms with van der Waals surface area (Å²) in [4.78, 5) is 15.8. The van der Waals surface area contributed by atoms with Crippen molar-refractivity contribution in [1.82, 2.24) is 9.80 Å². The van der Waals surface area contributed by atoms with Crippen molar-refractivity contribution >= 4 is 5.91 Å². The summed E-state index contributed by atoms with van der Waals surface area (Å²) >= 11 is 0. The molecule has 1 aliphatic rings. The molecule has 0 bridgehead atoms. The topological polar surface area (TPSA) is 49.6 Å². The zero-order valence-electron chi connectivity index (χ0n) is 11.5. The summed E-state index contributed by atoms with van der Waals surface area (Å²) < 4.78 is 0. The summed E-state index contributed by atoms with van der Waals surface area (Å²) in [6, 6.07) is 0.218. The van der Waals surface area contributed by atoms with Crippen LogP contribution in [0.4, 0.5) is 0 Å². The molecule has 1 aliphatic heterocycles. The molecule has 1 rings (SSSR count). The average molecular weight is 241 g/mol. The number of hydrogen-bond donors (Lipinski definition) is 1. The Balaban J connectivity index is 2.51. The quantitative estimate of drug-likeness (QED) is 0.796. The fourth-order valence-electron chi connectivity index (χ4n) is 2.40. The van der Waals surface area contributed by atoms with Gasteiger partial charge in [-0.15, -0.1) is 0 Å². The van der Waals surface area contributed by atoms with Crippen molar-refractivity contribution in [3.8, 4) is 0 Å². The Morgan fingerprint density at radius 2 is 2.12 bits per heavy atom. The maximum Gasteiger partial charge on any atom is 0.223 e. The maximum atomic E-state index is 11.7. The van der Waals surface area contributed by atoms with Crippen molar-refractivity contribution in [3.63, 3.8) is 0 Å². The molecule has 2 unspecified atom stereocenters. The van der Waals surface area contributed by atoms with Crippen molar-refractivity contribution in [2.24, 2.45) is 11.7 Å². The Labute approximate surface area is 105 Å². The Morgan fingerprint density at radius 3 is 2.71 bits per heavy atom. The zero-order valence-corrected chi connectivity index (χ0v) is 11.5. The zero-order chi connectivity index (χ0) is 12.8. The second kappa shape index (κ2) is 6.97.